The number of aryl methyl sites for hydroxylation is 1. The van der Waals surface area contributed by atoms with Crippen LogP contribution in [0.4, 0.5) is 5.69 Å². The third kappa shape index (κ3) is 3.16. The van der Waals surface area contributed by atoms with Crippen LogP contribution < -0.4 is 10.6 Å². The van der Waals surface area contributed by atoms with Crippen LogP contribution in [-0.4, -0.2) is 19.0 Å². The lowest BCUT2D eigenvalue weighted by molar-refractivity contribution is -0.118. The summed E-state index contributed by atoms with van der Waals surface area (Å²) in [7, 11) is 0. The first-order valence-electron chi connectivity index (χ1n) is 7.26. The normalized spacial score (nSPS) is 14.6. The van der Waals surface area contributed by atoms with Gasteiger partial charge >= 0.3 is 0 Å². The van der Waals surface area contributed by atoms with Gasteiger partial charge in [-0.2, -0.15) is 0 Å². The molecule has 0 spiro atoms. The van der Waals surface area contributed by atoms with Crippen molar-refractivity contribution < 1.29 is 4.79 Å². The standard InChI is InChI=1S/C16H24N2O/c1-12(2)13-7-8-15-14(11-13)5-4-10-18(15)16(19)6-3-9-17/h7-8,11-12H,3-6,9-10,17H2,1-2H3. The van der Waals surface area contributed by atoms with E-state index in [0.29, 0.717) is 18.9 Å². The van der Waals surface area contributed by atoms with Gasteiger partial charge in [-0.1, -0.05) is 26.0 Å². The first kappa shape index (κ1) is 14.1. The number of fused-ring (bicyclic) bond motifs is 1. The molecule has 1 aliphatic heterocycles. The molecule has 0 bridgehead atoms. The lowest BCUT2D eigenvalue weighted by Gasteiger charge is -2.30. The van der Waals surface area contributed by atoms with Crippen molar-refractivity contribution >= 4 is 11.6 Å². The van der Waals surface area contributed by atoms with E-state index in [9.17, 15) is 4.79 Å². The van der Waals surface area contributed by atoms with Gasteiger partial charge in [0.05, 0.1) is 0 Å². The third-order valence-corrected chi connectivity index (χ3v) is 3.78. The van der Waals surface area contributed by atoms with Gasteiger partial charge in [0.15, 0.2) is 0 Å². The van der Waals surface area contributed by atoms with E-state index in [0.717, 1.165) is 31.5 Å². The Morgan fingerprint density at radius 1 is 1.42 bits per heavy atom. The van der Waals surface area contributed by atoms with Crippen LogP contribution in [0, 0.1) is 0 Å². The molecule has 0 saturated heterocycles. The zero-order valence-electron chi connectivity index (χ0n) is 12.0. The number of carbonyl (C=O) groups is 1. The summed E-state index contributed by atoms with van der Waals surface area (Å²) in [6, 6.07) is 6.53. The average Bonchev–Trinajstić information content (AvgIpc) is 2.43. The zero-order valence-corrected chi connectivity index (χ0v) is 12.0. The lowest BCUT2D eigenvalue weighted by Crippen LogP contribution is -2.35. The Labute approximate surface area is 115 Å². The summed E-state index contributed by atoms with van der Waals surface area (Å²) in [5.74, 6) is 0.748. The van der Waals surface area contributed by atoms with Crippen molar-refractivity contribution in [1.29, 1.82) is 0 Å². The molecule has 2 rings (SSSR count). The van der Waals surface area contributed by atoms with Gasteiger partial charge in [0.2, 0.25) is 5.91 Å². The fraction of sp³-hybridized carbons (Fsp3) is 0.562. The first-order valence-corrected chi connectivity index (χ1v) is 7.26. The molecule has 1 heterocycles. The molecular formula is C16H24N2O. The summed E-state index contributed by atoms with van der Waals surface area (Å²) in [5, 5.41) is 0. The summed E-state index contributed by atoms with van der Waals surface area (Å²) in [6.07, 6.45) is 3.47. The molecule has 2 N–H and O–H groups in total. The van der Waals surface area contributed by atoms with E-state index in [4.69, 9.17) is 5.73 Å². The highest BCUT2D eigenvalue weighted by molar-refractivity contribution is 5.94. The number of nitrogens with two attached hydrogens (primary N) is 1. The Morgan fingerprint density at radius 2 is 2.21 bits per heavy atom. The molecule has 3 heteroatoms. The minimum Gasteiger partial charge on any atom is -0.330 e. The van der Waals surface area contributed by atoms with Gasteiger partial charge in [-0.3, -0.25) is 4.79 Å². The largest absolute Gasteiger partial charge is 0.330 e. The monoisotopic (exact) mass is 260 g/mol. The highest BCUT2D eigenvalue weighted by Crippen LogP contribution is 2.30. The first-order chi connectivity index (χ1) is 9.13. The van der Waals surface area contributed by atoms with Crippen molar-refractivity contribution in [1.82, 2.24) is 0 Å². The number of hydrogen-bond donors (Lipinski definition) is 1. The molecule has 0 atom stereocenters. The van der Waals surface area contributed by atoms with Crippen molar-refractivity contribution in [3.05, 3.63) is 29.3 Å². The summed E-state index contributed by atoms with van der Waals surface area (Å²) in [5.41, 5.74) is 9.27. The summed E-state index contributed by atoms with van der Waals surface area (Å²) in [6.45, 7) is 5.83. The number of anilines is 1. The molecule has 0 saturated carbocycles. The van der Waals surface area contributed by atoms with E-state index in [1.165, 1.54) is 11.1 Å². The lowest BCUT2D eigenvalue weighted by atomic mass is 9.94. The predicted molar refractivity (Wildman–Crippen MR) is 79.5 cm³/mol. The molecule has 0 aromatic heterocycles. The second-order valence-corrected chi connectivity index (χ2v) is 5.58. The highest BCUT2D eigenvalue weighted by Gasteiger charge is 2.22. The number of amides is 1. The molecule has 104 valence electrons. The number of hydrogen-bond acceptors (Lipinski definition) is 2. The third-order valence-electron chi connectivity index (χ3n) is 3.78. The Morgan fingerprint density at radius 3 is 2.89 bits per heavy atom. The van der Waals surface area contributed by atoms with Crippen molar-refractivity contribution in [3.63, 3.8) is 0 Å². The molecule has 1 aromatic rings. The molecule has 1 amide bonds. The maximum absolute atomic E-state index is 12.2. The number of benzene rings is 1. The SMILES string of the molecule is CC(C)c1ccc2c(c1)CCCN2C(=O)CCCN. The van der Waals surface area contributed by atoms with Gasteiger partial charge in [-0.05, 0) is 48.9 Å². The van der Waals surface area contributed by atoms with Crippen molar-refractivity contribution in [3.8, 4) is 0 Å². The van der Waals surface area contributed by atoms with Crippen molar-refractivity contribution in [2.75, 3.05) is 18.0 Å². The minimum atomic E-state index is 0.212. The Hall–Kier alpha value is -1.35. The zero-order chi connectivity index (χ0) is 13.8. The minimum absolute atomic E-state index is 0.212. The predicted octanol–water partition coefficient (Wildman–Crippen LogP) is 2.83. The van der Waals surface area contributed by atoms with Crippen LogP contribution in [0.1, 0.15) is 50.2 Å². The fourth-order valence-corrected chi connectivity index (χ4v) is 2.62. The van der Waals surface area contributed by atoms with Crippen LogP contribution in [0.5, 0.6) is 0 Å². The molecular weight excluding hydrogens is 236 g/mol. The Balaban J connectivity index is 2.22. The summed E-state index contributed by atoms with van der Waals surface area (Å²) in [4.78, 5) is 14.2. The van der Waals surface area contributed by atoms with E-state index in [1.54, 1.807) is 0 Å². The van der Waals surface area contributed by atoms with Gasteiger partial charge in [0.1, 0.15) is 0 Å². The van der Waals surface area contributed by atoms with Crippen LogP contribution in [0.2, 0.25) is 0 Å². The summed E-state index contributed by atoms with van der Waals surface area (Å²) < 4.78 is 0. The van der Waals surface area contributed by atoms with Gasteiger partial charge in [0, 0.05) is 18.7 Å². The van der Waals surface area contributed by atoms with E-state index in [1.807, 2.05) is 4.90 Å². The van der Waals surface area contributed by atoms with Crippen LogP contribution in [0.25, 0.3) is 0 Å². The smallest absolute Gasteiger partial charge is 0.227 e. The van der Waals surface area contributed by atoms with Gasteiger partial charge in [-0.15, -0.1) is 0 Å². The van der Waals surface area contributed by atoms with Crippen LogP contribution >= 0.6 is 0 Å². The maximum Gasteiger partial charge on any atom is 0.227 e. The molecule has 1 aromatic carbocycles. The number of carbonyl (C=O) groups excluding carboxylic acids is 1. The van der Waals surface area contributed by atoms with Crippen LogP contribution in [0.15, 0.2) is 18.2 Å². The maximum atomic E-state index is 12.2. The molecule has 0 fully saturated rings. The van der Waals surface area contributed by atoms with E-state index in [-0.39, 0.29) is 5.91 Å². The van der Waals surface area contributed by atoms with Crippen LogP contribution in [0.3, 0.4) is 0 Å². The van der Waals surface area contributed by atoms with Crippen LogP contribution in [-0.2, 0) is 11.2 Å². The quantitative estimate of drug-likeness (QED) is 0.905. The van der Waals surface area contributed by atoms with Gasteiger partial charge in [-0.25, -0.2) is 0 Å². The molecule has 19 heavy (non-hydrogen) atoms. The van der Waals surface area contributed by atoms with Crippen molar-refractivity contribution in [2.45, 2.75) is 45.4 Å². The highest BCUT2D eigenvalue weighted by atomic mass is 16.2. The number of nitrogens with zero attached hydrogens (tertiary/aromatic N) is 1. The van der Waals surface area contributed by atoms with E-state index >= 15 is 0 Å². The van der Waals surface area contributed by atoms with Gasteiger partial charge in [0.25, 0.3) is 0 Å². The topological polar surface area (TPSA) is 46.3 Å². The molecule has 0 radical (unpaired) electrons. The molecule has 0 unspecified atom stereocenters. The molecule has 0 aliphatic carbocycles. The van der Waals surface area contributed by atoms with E-state index < -0.39 is 0 Å². The number of rotatable bonds is 4. The molecule has 1 aliphatic rings. The van der Waals surface area contributed by atoms with Gasteiger partial charge < -0.3 is 10.6 Å². The van der Waals surface area contributed by atoms with Crippen molar-refractivity contribution in [2.24, 2.45) is 5.73 Å². The second kappa shape index (κ2) is 6.20. The Bertz CT molecular complexity index is 454. The molecule has 3 nitrogen and oxygen atoms in total. The average molecular weight is 260 g/mol. The Kier molecular flexibility index (Phi) is 4.59. The fourth-order valence-electron chi connectivity index (χ4n) is 2.62. The second-order valence-electron chi connectivity index (χ2n) is 5.58. The van der Waals surface area contributed by atoms with E-state index in [2.05, 4.69) is 32.0 Å². The summed E-state index contributed by atoms with van der Waals surface area (Å²) >= 11 is 0.